The van der Waals surface area contributed by atoms with E-state index in [-0.39, 0.29) is 28.5 Å². The second kappa shape index (κ2) is 8.78. The van der Waals surface area contributed by atoms with Crippen LogP contribution in [0.4, 0.5) is 11.4 Å². The molecule has 3 aromatic rings. The number of amides is 1. The van der Waals surface area contributed by atoms with Gasteiger partial charge in [0.1, 0.15) is 0 Å². The minimum absolute atomic E-state index is 0.0535. The number of allylic oxidation sites excluding steroid dienone is 2. The van der Waals surface area contributed by atoms with Crippen LogP contribution in [0.3, 0.4) is 0 Å². The number of aryl methyl sites for hydroxylation is 2. The molecule has 5 rings (SSSR count). The lowest BCUT2D eigenvalue weighted by Crippen LogP contribution is -2.30. The molecule has 0 radical (unpaired) electrons. The van der Waals surface area contributed by atoms with Crippen molar-refractivity contribution in [2.45, 2.75) is 38.8 Å². The second-order valence-electron chi connectivity index (χ2n) is 9.23. The fourth-order valence-electron chi connectivity index (χ4n) is 5.07. The normalized spacial score (nSPS) is 20.2. The van der Waals surface area contributed by atoms with Gasteiger partial charge in [0.25, 0.3) is 11.6 Å². The summed E-state index contributed by atoms with van der Waals surface area (Å²) in [6.45, 7) is 4.64. The molecule has 0 spiro atoms. The summed E-state index contributed by atoms with van der Waals surface area (Å²) in [6, 6.07) is 18.9. The van der Waals surface area contributed by atoms with Crippen molar-refractivity contribution in [1.82, 2.24) is 5.32 Å². The van der Waals surface area contributed by atoms with Gasteiger partial charge in [-0.1, -0.05) is 42.5 Å². The number of non-ortho nitro benzene ring substituents is 1. The molecule has 1 heterocycles. The summed E-state index contributed by atoms with van der Waals surface area (Å²) in [4.78, 5) is 23.6. The summed E-state index contributed by atoms with van der Waals surface area (Å²) in [6.07, 6.45) is 5.33. The summed E-state index contributed by atoms with van der Waals surface area (Å²) >= 11 is 0. The molecule has 3 atom stereocenters. The Balaban J connectivity index is 1.36. The highest BCUT2D eigenvalue weighted by Gasteiger charge is 2.38. The van der Waals surface area contributed by atoms with Crippen LogP contribution in [0.25, 0.3) is 0 Å². The molecule has 2 aliphatic rings. The van der Waals surface area contributed by atoms with Gasteiger partial charge in [-0.25, -0.2) is 0 Å². The smallest absolute Gasteiger partial charge is 0.269 e. The van der Waals surface area contributed by atoms with Crippen LogP contribution in [-0.2, 0) is 6.54 Å². The number of benzene rings is 3. The lowest BCUT2D eigenvalue weighted by Gasteiger charge is -2.37. The molecule has 3 aromatic carbocycles. The quantitative estimate of drug-likeness (QED) is 0.283. The van der Waals surface area contributed by atoms with Gasteiger partial charge in [0.2, 0.25) is 0 Å². The molecule has 6 nitrogen and oxygen atoms in total. The third kappa shape index (κ3) is 4.07. The lowest BCUT2D eigenvalue weighted by molar-refractivity contribution is -0.384. The number of hydrogen-bond donors (Lipinski definition) is 2. The third-order valence-corrected chi connectivity index (χ3v) is 7.11. The Hall–Kier alpha value is -3.93. The van der Waals surface area contributed by atoms with Gasteiger partial charge < -0.3 is 10.6 Å². The van der Waals surface area contributed by atoms with Crippen LogP contribution in [0.1, 0.15) is 56.6 Å². The highest BCUT2D eigenvalue weighted by atomic mass is 16.6. The van der Waals surface area contributed by atoms with E-state index in [1.165, 1.54) is 11.1 Å². The Kier molecular flexibility index (Phi) is 5.65. The van der Waals surface area contributed by atoms with Gasteiger partial charge in [0.05, 0.1) is 11.0 Å². The summed E-state index contributed by atoms with van der Waals surface area (Å²) in [5.74, 6) is 0.406. The molecule has 172 valence electrons. The van der Waals surface area contributed by atoms with E-state index in [1.54, 1.807) is 12.1 Å². The number of nitrogens with one attached hydrogen (secondary N) is 2. The molecular weight excluding hydrogens is 426 g/mol. The number of nitro groups is 1. The average Bonchev–Trinajstić information content (AvgIpc) is 3.34. The van der Waals surface area contributed by atoms with Crippen LogP contribution in [0.15, 0.2) is 72.8 Å². The van der Waals surface area contributed by atoms with Crippen molar-refractivity contribution >= 4 is 17.3 Å². The monoisotopic (exact) mass is 453 g/mol. The summed E-state index contributed by atoms with van der Waals surface area (Å²) in [7, 11) is 0. The average molecular weight is 454 g/mol. The first-order valence-corrected chi connectivity index (χ1v) is 11.6. The van der Waals surface area contributed by atoms with Crippen molar-refractivity contribution in [3.8, 4) is 0 Å². The van der Waals surface area contributed by atoms with Gasteiger partial charge in [0, 0.05) is 35.8 Å². The Bertz CT molecular complexity index is 1300. The maximum Gasteiger partial charge on any atom is 0.269 e. The first-order chi connectivity index (χ1) is 16.4. The van der Waals surface area contributed by atoms with E-state index in [1.807, 2.05) is 36.4 Å². The van der Waals surface area contributed by atoms with Crippen LogP contribution >= 0.6 is 0 Å². The molecule has 6 heteroatoms. The Labute approximate surface area is 198 Å². The number of nitro benzene ring substituents is 1. The first kappa shape index (κ1) is 21.9. The number of carbonyl (C=O) groups is 1. The Morgan fingerprint density at radius 3 is 2.59 bits per heavy atom. The minimum atomic E-state index is -0.375. The molecule has 1 aliphatic heterocycles. The van der Waals surface area contributed by atoms with E-state index >= 15 is 0 Å². The molecule has 0 saturated heterocycles. The standard InChI is InChI=1S/C28H27N3O3/c1-17-6-7-19(14-18(17)2)16-29-28(32)21-10-13-26-25(15-21)23-4-3-5-24(23)27(30-26)20-8-11-22(12-9-20)31(33)34/h3-4,6-15,23-24,27,30H,5,16H2,1-2H3,(H,29,32)/t23-,24-,27-/m0/s1. The number of rotatable bonds is 5. The van der Waals surface area contributed by atoms with E-state index in [2.05, 4.69) is 48.8 Å². The van der Waals surface area contributed by atoms with E-state index in [0.717, 1.165) is 28.8 Å². The van der Waals surface area contributed by atoms with Crippen LogP contribution in [0.2, 0.25) is 0 Å². The molecule has 1 aliphatic carbocycles. The summed E-state index contributed by atoms with van der Waals surface area (Å²) < 4.78 is 0. The number of anilines is 1. The molecule has 0 bridgehead atoms. The zero-order valence-electron chi connectivity index (χ0n) is 19.2. The fourth-order valence-corrected chi connectivity index (χ4v) is 5.07. The van der Waals surface area contributed by atoms with Crippen molar-refractivity contribution in [2.75, 3.05) is 5.32 Å². The van der Waals surface area contributed by atoms with Crippen molar-refractivity contribution < 1.29 is 9.72 Å². The minimum Gasteiger partial charge on any atom is -0.378 e. The van der Waals surface area contributed by atoms with Crippen LogP contribution in [0.5, 0.6) is 0 Å². The molecule has 0 aromatic heterocycles. The van der Waals surface area contributed by atoms with Gasteiger partial charge >= 0.3 is 0 Å². The van der Waals surface area contributed by atoms with Crippen LogP contribution in [0, 0.1) is 29.9 Å². The Morgan fingerprint density at radius 1 is 1.06 bits per heavy atom. The molecule has 1 amide bonds. The zero-order chi connectivity index (χ0) is 23.8. The summed E-state index contributed by atoms with van der Waals surface area (Å²) in [5, 5.41) is 17.7. The van der Waals surface area contributed by atoms with Crippen molar-refractivity contribution in [3.05, 3.63) is 116 Å². The molecule has 0 saturated carbocycles. The summed E-state index contributed by atoms with van der Waals surface area (Å²) in [5.41, 5.74) is 7.44. The van der Waals surface area contributed by atoms with E-state index < -0.39 is 0 Å². The highest BCUT2D eigenvalue weighted by Crippen LogP contribution is 2.50. The van der Waals surface area contributed by atoms with Gasteiger partial charge in [-0.3, -0.25) is 14.9 Å². The first-order valence-electron chi connectivity index (χ1n) is 11.6. The maximum atomic E-state index is 12.9. The van der Waals surface area contributed by atoms with Gasteiger partial charge in [0.15, 0.2) is 0 Å². The van der Waals surface area contributed by atoms with E-state index in [4.69, 9.17) is 0 Å². The lowest BCUT2D eigenvalue weighted by atomic mass is 9.76. The zero-order valence-corrected chi connectivity index (χ0v) is 19.2. The van der Waals surface area contributed by atoms with Gasteiger partial charge in [-0.15, -0.1) is 0 Å². The fraction of sp³-hybridized carbons (Fsp3) is 0.250. The van der Waals surface area contributed by atoms with Crippen molar-refractivity contribution in [1.29, 1.82) is 0 Å². The van der Waals surface area contributed by atoms with E-state index in [0.29, 0.717) is 18.0 Å². The van der Waals surface area contributed by atoms with Crippen molar-refractivity contribution in [2.24, 2.45) is 5.92 Å². The largest absolute Gasteiger partial charge is 0.378 e. The van der Waals surface area contributed by atoms with Crippen LogP contribution in [-0.4, -0.2) is 10.8 Å². The number of hydrogen-bond acceptors (Lipinski definition) is 4. The predicted molar refractivity (Wildman–Crippen MR) is 133 cm³/mol. The third-order valence-electron chi connectivity index (χ3n) is 7.11. The number of nitrogens with zero attached hydrogens (tertiary/aromatic N) is 1. The second-order valence-corrected chi connectivity index (χ2v) is 9.23. The Morgan fingerprint density at radius 2 is 1.85 bits per heavy atom. The topological polar surface area (TPSA) is 84.3 Å². The van der Waals surface area contributed by atoms with Crippen molar-refractivity contribution in [3.63, 3.8) is 0 Å². The van der Waals surface area contributed by atoms with Gasteiger partial charge in [-0.2, -0.15) is 0 Å². The molecule has 0 fully saturated rings. The maximum absolute atomic E-state index is 12.9. The molecule has 2 N–H and O–H groups in total. The predicted octanol–water partition coefficient (Wildman–Crippen LogP) is 5.97. The molecule has 34 heavy (non-hydrogen) atoms. The van der Waals surface area contributed by atoms with Crippen LogP contribution < -0.4 is 10.6 Å². The van der Waals surface area contributed by atoms with E-state index in [9.17, 15) is 14.9 Å². The molecular formula is C28H27N3O3. The number of fused-ring (bicyclic) bond motifs is 3. The SMILES string of the molecule is Cc1ccc(CNC(=O)c2ccc3c(c2)[C@H]2C=CC[C@@H]2[C@H](c2ccc([N+](=O)[O-])cc2)N3)cc1C. The number of carbonyl (C=O) groups excluding carboxylic acids is 1. The molecule has 0 unspecified atom stereocenters. The highest BCUT2D eigenvalue weighted by molar-refractivity contribution is 5.95. The van der Waals surface area contributed by atoms with Gasteiger partial charge in [-0.05, 0) is 72.2 Å².